The fraction of sp³-hybridized carbons (Fsp3) is 0.938. The van der Waals surface area contributed by atoms with Crippen LogP contribution in [0.1, 0.15) is 72.1 Å². The molecule has 0 aromatic carbocycles. The molecule has 2 nitrogen and oxygen atoms in total. The van der Waals surface area contributed by atoms with Crippen LogP contribution in [-0.4, -0.2) is 29.8 Å². The van der Waals surface area contributed by atoms with E-state index in [-0.39, 0.29) is 0 Å². The number of carbonyl (C=O) groups is 1. The van der Waals surface area contributed by atoms with Crippen molar-refractivity contribution in [2.45, 2.75) is 78.2 Å². The van der Waals surface area contributed by atoms with Gasteiger partial charge in [-0.05, 0) is 39.7 Å². The molecular weight excluding hydrogens is 222 g/mol. The minimum Gasteiger partial charge on any atom is -0.298 e. The van der Waals surface area contributed by atoms with Gasteiger partial charge < -0.3 is 0 Å². The second-order valence-corrected chi connectivity index (χ2v) is 6.07. The van der Waals surface area contributed by atoms with Crippen LogP contribution in [-0.2, 0) is 4.79 Å². The number of rotatable bonds is 8. The highest BCUT2D eigenvalue weighted by atomic mass is 16.1. The number of hydrogen-bond donors (Lipinski definition) is 0. The van der Waals surface area contributed by atoms with Crippen molar-refractivity contribution in [3.05, 3.63) is 0 Å². The molecule has 0 aliphatic heterocycles. The number of unbranched alkanes of at least 4 members (excludes halogenated alkanes) is 2. The van der Waals surface area contributed by atoms with Crippen molar-refractivity contribution in [1.82, 2.24) is 4.90 Å². The van der Waals surface area contributed by atoms with Gasteiger partial charge in [-0.15, -0.1) is 0 Å². The molecule has 0 spiro atoms. The van der Waals surface area contributed by atoms with Crippen LogP contribution < -0.4 is 0 Å². The summed E-state index contributed by atoms with van der Waals surface area (Å²) in [6.07, 6.45) is 9.88. The lowest BCUT2D eigenvalue weighted by molar-refractivity contribution is -0.125. The Kier molecular flexibility index (Phi) is 7.57. The highest BCUT2D eigenvalue weighted by Crippen LogP contribution is 2.24. The van der Waals surface area contributed by atoms with E-state index in [4.69, 9.17) is 0 Å². The van der Waals surface area contributed by atoms with Gasteiger partial charge in [0.05, 0.1) is 6.54 Å². The molecule has 1 aliphatic rings. The SMILES string of the molecule is CCCCCN(CC(=O)C1CCCCC1)C(C)C. The molecule has 0 atom stereocenters. The Morgan fingerprint density at radius 3 is 2.39 bits per heavy atom. The standard InChI is InChI=1S/C16H31NO/c1-4-5-9-12-17(14(2)3)13-16(18)15-10-7-6-8-11-15/h14-15H,4-13H2,1-3H3. The molecule has 0 amide bonds. The molecule has 0 unspecified atom stereocenters. The summed E-state index contributed by atoms with van der Waals surface area (Å²) < 4.78 is 0. The van der Waals surface area contributed by atoms with Crippen LogP contribution in [0.2, 0.25) is 0 Å². The highest BCUT2D eigenvalue weighted by Gasteiger charge is 2.23. The summed E-state index contributed by atoms with van der Waals surface area (Å²) in [6.45, 7) is 8.42. The van der Waals surface area contributed by atoms with Gasteiger partial charge in [0.1, 0.15) is 5.78 Å². The van der Waals surface area contributed by atoms with Crippen molar-refractivity contribution >= 4 is 5.78 Å². The van der Waals surface area contributed by atoms with Gasteiger partial charge in [-0.2, -0.15) is 0 Å². The largest absolute Gasteiger partial charge is 0.298 e. The average Bonchev–Trinajstić information content (AvgIpc) is 2.38. The van der Waals surface area contributed by atoms with Crippen LogP contribution in [0.5, 0.6) is 0 Å². The van der Waals surface area contributed by atoms with E-state index in [0.717, 1.165) is 19.4 Å². The quantitative estimate of drug-likeness (QED) is 0.609. The van der Waals surface area contributed by atoms with Crippen molar-refractivity contribution < 1.29 is 4.79 Å². The number of hydrogen-bond acceptors (Lipinski definition) is 2. The summed E-state index contributed by atoms with van der Waals surface area (Å²) in [5.41, 5.74) is 0. The zero-order valence-electron chi connectivity index (χ0n) is 12.6. The summed E-state index contributed by atoms with van der Waals surface area (Å²) in [5, 5.41) is 0. The van der Waals surface area contributed by atoms with E-state index in [9.17, 15) is 4.79 Å². The van der Waals surface area contributed by atoms with Crippen LogP contribution in [0, 0.1) is 5.92 Å². The third-order valence-corrected chi connectivity index (χ3v) is 4.20. The molecule has 0 bridgehead atoms. The Morgan fingerprint density at radius 1 is 1.17 bits per heavy atom. The first kappa shape index (κ1) is 15.7. The molecule has 0 heterocycles. The number of carbonyl (C=O) groups excluding carboxylic acids is 1. The Labute approximate surface area is 113 Å². The summed E-state index contributed by atoms with van der Waals surface area (Å²) in [7, 11) is 0. The zero-order valence-corrected chi connectivity index (χ0v) is 12.6. The topological polar surface area (TPSA) is 20.3 Å². The number of Topliss-reactive ketones (excluding diaryl/α,β-unsaturated/α-hetero) is 1. The monoisotopic (exact) mass is 253 g/mol. The molecule has 0 radical (unpaired) electrons. The highest BCUT2D eigenvalue weighted by molar-refractivity contribution is 5.83. The van der Waals surface area contributed by atoms with E-state index in [1.807, 2.05) is 0 Å². The van der Waals surface area contributed by atoms with Crippen LogP contribution >= 0.6 is 0 Å². The van der Waals surface area contributed by atoms with Crippen LogP contribution in [0.15, 0.2) is 0 Å². The maximum atomic E-state index is 12.3. The maximum absolute atomic E-state index is 12.3. The Hall–Kier alpha value is -0.370. The lowest BCUT2D eigenvalue weighted by Crippen LogP contribution is -2.39. The van der Waals surface area contributed by atoms with E-state index in [1.165, 1.54) is 38.5 Å². The van der Waals surface area contributed by atoms with E-state index in [2.05, 4.69) is 25.7 Å². The first-order valence-electron chi connectivity index (χ1n) is 7.92. The fourth-order valence-electron chi connectivity index (χ4n) is 2.84. The maximum Gasteiger partial charge on any atom is 0.149 e. The second-order valence-electron chi connectivity index (χ2n) is 6.07. The summed E-state index contributed by atoms with van der Waals surface area (Å²) in [6, 6.07) is 0.495. The minimum atomic E-state index is 0.367. The number of ketones is 1. The molecule has 2 heteroatoms. The van der Waals surface area contributed by atoms with Gasteiger partial charge in [-0.3, -0.25) is 9.69 Å². The van der Waals surface area contributed by atoms with Crippen LogP contribution in [0.4, 0.5) is 0 Å². The first-order chi connectivity index (χ1) is 8.65. The van der Waals surface area contributed by atoms with Crippen molar-refractivity contribution in [2.24, 2.45) is 5.92 Å². The molecule has 1 saturated carbocycles. The third-order valence-electron chi connectivity index (χ3n) is 4.20. The normalized spacial score (nSPS) is 17.6. The van der Waals surface area contributed by atoms with Gasteiger partial charge in [-0.1, -0.05) is 39.0 Å². The van der Waals surface area contributed by atoms with Crippen molar-refractivity contribution in [3.63, 3.8) is 0 Å². The average molecular weight is 253 g/mol. The molecule has 0 aromatic heterocycles. The van der Waals surface area contributed by atoms with Crippen LogP contribution in [0.25, 0.3) is 0 Å². The second kappa shape index (κ2) is 8.68. The molecule has 0 aromatic rings. The predicted octanol–water partition coefficient (Wildman–Crippen LogP) is 4.04. The molecule has 0 N–H and O–H groups in total. The van der Waals surface area contributed by atoms with Gasteiger partial charge >= 0.3 is 0 Å². The Bertz CT molecular complexity index is 231. The predicted molar refractivity (Wildman–Crippen MR) is 77.8 cm³/mol. The molecular formula is C16H31NO. The molecule has 18 heavy (non-hydrogen) atoms. The fourth-order valence-corrected chi connectivity index (χ4v) is 2.84. The summed E-state index contributed by atoms with van der Waals surface area (Å²) >= 11 is 0. The third kappa shape index (κ3) is 5.51. The number of nitrogens with zero attached hydrogens (tertiary/aromatic N) is 1. The Balaban J connectivity index is 2.36. The molecule has 1 aliphatic carbocycles. The van der Waals surface area contributed by atoms with E-state index < -0.39 is 0 Å². The Morgan fingerprint density at radius 2 is 1.83 bits per heavy atom. The van der Waals surface area contributed by atoms with Crippen LogP contribution in [0.3, 0.4) is 0 Å². The smallest absolute Gasteiger partial charge is 0.149 e. The lowest BCUT2D eigenvalue weighted by atomic mass is 9.86. The van der Waals surface area contributed by atoms with Gasteiger partial charge in [0, 0.05) is 12.0 Å². The van der Waals surface area contributed by atoms with Crippen molar-refractivity contribution in [3.8, 4) is 0 Å². The van der Waals surface area contributed by atoms with Crippen molar-refractivity contribution in [2.75, 3.05) is 13.1 Å². The minimum absolute atomic E-state index is 0.367. The summed E-state index contributed by atoms with van der Waals surface area (Å²) in [4.78, 5) is 14.7. The van der Waals surface area contributed by atoms with Gasteiger partial charge in [-0.25, -0.2) is 0 Å². The van der Waals surface area contributed by atoms with E-state index >= 15 is 0 Å². The lowest BCUT2D eigenvalue weighted by Gasteiger charge is -2.28. The molecule has 0 saturated heterocycles. The molecule has 1 rings (SSSR count). The van der Waals surface area contributed by atoms with Gasteiger partial charge in [0.25, 0.3) is 0 Å². The molecule has 1 fully saturated rings. The van der Waals surface area contributed by atoms with Crippen molar-refractivity contribution in [1.29, 1.82) is 0 Å². The van der Waals surface area contributed by atoms with Gasteiger partial charge in [0.15, 0.2) is 0 Å². The van der Waals surface area contributed by atoms with E-state index in [0.29, 0.717) is 24.3 Å². The summed E-state index contributed by atoms with van der Waals surface area (Å²) in [5.74, 6) is 0.867. The first-order valence-corrected chi connectivity index (χ1v) is 7.92. The van der Waals surface area contributed by atoms with E-state index in [1.54, 1.807) is 0 Å². The molecule has 106 valence electrons. The van der Waals surface area contributed by atoms with Gasteiger partial charge in [0.2, 0.25) is 0 Å². The zero-order chi connectivity index (χ0) is 13.4.